The summed E-state index contributed by atoms with van der Waals surface area (Å²) in [6.07, 6.45) is 2.94. The van der Waals surface area contributed by atoms with E-state index in [0.717, 1.165) is 0 Å². The first-order valence-corrected chi connectivity index (χ1v) is 6.63. The molecule has 0 unspecified atom stereocenters. The van der Waals surface area contributed by atoms with Gasteiger partial charge in [0, 0.05) is 5.69 Å². The summed E-state index contributed by atoms with van der Waals surface area (Å²) in [5.74, 6) is -0.353. The molecule has 1 aromatic carbocycles. The number of nitrogens with one attached hydrogen (secondary N) is 1. The Kier molecular flexibility index (Phi) is 5.22. The molecule has 0 spiro atoms. The molecule has 7 nitrogen and oxygen atoms in total. The van der Waals surface area contributed by atoms with Crippen LogP contribution in [0.5, 0.6) is 0 Å². The number of hydrogen-bond acceptors (Lipinski definition) is 6. The molecule has 0 aliphatic rings. The quantitative estimate of drug-likeness (QED) is 0.667. The number of rotatable bonds is 5. The molecule has 21 heavy (non-hydrogen) atoms. The smallest absolute Gasteiger partial charge is 0.338 e. The number of anilines is 1. The summed E-state index contributed by atoms with van der Waals surface area (Å²) in [5, 5.41) is 6.99. The first kappa shape index (κ1) is 14.9. The van der Waals surface area contributed by atoms with Crippen LogP contribution in [0.1, 0.15) is 17.3 Å². The first-order chi connectivity index (χ1) is 10.2. The van der Waals surface area contributed by atoms with Gasteiger partial charge in [-0.15, -0.1) is 0 Å². The van der Waals surface area contributed by atoms with Crippen molar-refractivity contribution >= 4 is 29.0 Å². The molecule has 0 aliphatic carbocycles. The van der Waals surface area contributed by atoms with Gasteiger partial charge in [-0.2, -0.15) is 5.10 Å². The standard InChI is InChI=1S/C13H14N4O3S/c1-2-19-12(18)10-3-5-11(6-4-10)16-13(21)20-9-17-8-14-7-15-17/h3-8H,2,9H2,1H3,(H,16,21). The maximum Gasteiger partial charge on any atom is 0.338 e. The number of carbonyl (C=O) groups is 1. The molecular weight excluding hydrogens is 292 g/mol. The molecule has 0 atom stereocenters. The maximum absolute atomic E-state index is 11.5. The Balaban J connectivity index is 1.85. The van der Waals surface area contributed by atoms with E-state index in [4.69, 9.17) is 21.7 Å². The van der Waals surface area contributed by atoms with Gasteiger partial charge in [0.25, 0.3) is 5.17 Å². The van der Waals surface area contributed by atoms with E-state index >= 15 is 0 Å². The highest BCUT2D eigenvalue weighted by Gasteiger charge is 2.06. The minimum atomic E-state index is -0.353. The molecule has 0 saturated carbocycles. The molecular formula is C13H14N4O3S. The monoisotopic (exact) mass is 306 g/mol. The predicted octanol–water partition coefficient (Wildman–Crippen LogP) is 1.83. The molecule has 1 aromatic heterocycles. The lowest BCUT2D eigenvalue weighted by Gasteiger charge is -2.10. The zero-order valence-corrected chi connectivity index (χ0v) is 12.2. The minimum Gasteiger partial charge on any atom is -0.462 e. The maximum atomic E-state index is 11.5. The summed E-state index contributed by atoms with van der Waals surface area (Å²) < 4.78 is 11.7. The minimum absolute atomic E-state index is 0.173. The molecule has 0 aliphatic heterocycles. The molecule has 0 fully saturated rings. The third-order valence-electron chi connectivity index (χ3n) is 2.44. The number of benzene rings is 1. The van der Waals surface area contributed by atoms with E-state index < -0.39 is 0 Å². The van der Waals surface area contributed by atoms with Crippen LogP contribution >= 0.6 is 12.2 Å². The van der Waals surface area contributed by atoms with Gasteiger partial charge in [-0.1, -0.05) is 0 Å². The Morgan fingerprint density at radius 2 is 2.10 bits per heavy atom. The molecule has 2 aromatic rings. The molecule has 110 valence electrons. The summed E-state index contributed by atoms with van der Waals surface area (Å²) in [6.45, 7) is 2.28. The van der Waals surface area contributed by atoms with E-state index in [1.807, 2.05) is 0 Å². The fourth-order valence-corrected chi connectivity index (χ4v) is 1.65. The van der Waals surface area contributed by atoms with Crippen molar-refractivity contribution < 1.29 is 14.3 Å². The Labute approximate surface area is 126 Å². The summed E-state index contributed by atoms with van der Waals surface area (Å²) in [6, 6.07) is 6.75. The fraction of sp³-hybridized carbons (Fsp3) is 0.231. The van der Waals surface area contributed by atoms with Crippen LogP contribution < -0.4 is 5.32 Å². The highest BCUT2D eigenvalue weighted by molar-refractivity contribution is 7.80. The van der Waals surface area contributed by atoms with Gasteiger partial charge in [-0.05, 0) is 43.4 Å². The second-order valence-electron chi connectivity index (χ2n) is 3.92. The molecule has 0 radical (unpaired) electrons. The van der Waals surface area contributed by atoms with Crippen molar-refractivity contribution in [3.8, 4) is 0 Å². The predicted molar refractivity (Wildman–Crippen MR) is 79.7 cm³/mol. The topological polar surface area (TPSA) is 78.3 Å². The lowest BCUT2D eigenvalue weighted by Crippen LogP contribution is -2.16. The van der Waals surface area contributed by atoms with E-state index in [0.29, 0.717) is 17.9 Å². The Morgan fingerprint density at radius 3 is 2.71 bits per heavy atom. The Hall–Kier alpha value is -2.48. The third kappa shape index (κ3) is 4.53. The molecule has 0 bridgehead atoms. The van der Waals surface area contributed by atoms with Gasteiger partial charge in [0.05, 0.1) is 12.2 Å². The van der Waals surface area contributed by atoms with Crippen molar-refractivity contribution in [2.24, 2.45) is 0 Å². The molecule has 8 heteroatoms. The van der Waals surface area contributed by atoms with E-state index in [9.17, 15) is 4.79 Å². The number of nitrogens with zero attached hydrogens (tertiary/aromatic N) is 3. The highest BCUT2D eigenvalue weighted by Crippen LogP contribution is 2.11. The summed E-state index contributed by atoms with van der Waals surface area (Å²) in [4.78, 5) is 15.3. The van der Waals surface area contributed by atoms with Crippen LogP contribution in [0.3, 0.4) is 0 Å². The van der Waals surface area contributed by atoms with Crippen molar-refractivity contribution in [2.75, 3.05) is 11.9 Å². The van der Waals surface area contributed by atoms with E-state index in [1.165, 1.54) is 17.3 Å². The van der Waals surface area contributed by atoms with Crippen LogP contribution in [-0.2, 0) is 16.2 Å². The lowest BCUT2D eigenvalue weighted by molar-refractivity contribution is 0.0526. The van der Waals surface area contributed by atoms with Crippen LogP contribution in [-0.4, -0.2) is 32.5 Å². The Morgan fingerprint density at radius 1 is 1.33 bits per heavy atom. The molecule has 1 N–H and O–H groups in total. The summed E-state index contributed by atoms with van der Waals surface area (Å²) in [5.41, 5.74) is 1.20. The second kappa shape index (κ2) is 7.34. The van der Waals surface area contributed by atoms with Gasteiger partial charge < -0.3 is 14.8 Å². The number of esters is 1. The number of ether oxygens (including phenoxy) is 2. The summed E-state index contributed by atoms with van der Waals surface area (Å²) in [7, 11) is 0. The first-order valence-electron chi connectivity index (χ1n) is 6.22. The number of thiocarbonyl (C=S) groups is 1. The normalized spacial score (nSPS) is 9.95. The van der Waals surface area contributed by atoms with Crippen LogP contribution in [0.25, 0.3) is 0 Å². The average molecular weight is 306 g/mol. The fourth-order valence-electron chi connectivity index (χ4n) is 1.48. The van der Waals surface area contributed by atoms with Crippen LogP contribution in [0.2, 0.25) is 0 Å². The van der Waals surface area contributed by atoms with E-state index in [2.05, 4.69) is 15.4 Å². The second-order valence-corrected chi connectivity index (χ2v) is 4.29. The molecule has 0 amide bonds. The third-order valence-corrected chi connectivity index (χ3v) is 2.66. The zero-order chi connectivity index (χ0) is 15.1. The van der Waals surface area contributed by atoms with E-state index in [1.54, 1.807) is 31.2 Å². The van der Waals surface area contributed by atoms with E-state index in [-0.39, 0.29) is 17.9 Å². The molecule has 1 heterocycles. The van der Waals surface area contributed by atoms with Crippen molar-refractivity contribution in [1.29, 1.82) is 0 Å². The molecule has 2 rings (SSSR count). The van der Waals surface area contributed by atoms with Gasteiger partial charge >= 0.3 is 5.97 Å². The van der Waals surface area contributed by atoms with Crippen molar-refractivity contribution in [3.05, 3.63) is 42.5 Å². The largest absolute Gasteiger partial charge is 0.462 e. The van der Waals surface area contributed by atoms with Crippen molar-refractivity contribution in [2.45, 2.75) is 13.7 Å². The van der Waals surface area contributed by atoms with Crippen molar-refractivity contribution in [3.63, 3.8) is 0 Å². The van der Waals surface area contributed by atoms with Gasteiger partial charge in [0.1, 0.15) is 12.7 Å². The SMILES string of the molecule is CCOC(=O)c1ccc(NC(=S)OCn2cncn2)cc1. The number of carbonyl (C=O) groups excluding carboxylic acids is 1. The van der Waals surface area contributed by atoms with Crippen LogP contribution in [0, 0.1) is 0 Å². The number of aromatic nitrogens is 3. The van der Waals surface area contributed by atoms with Crippen molar-refractivity contribution in [1.82, 2.24) is 14.8 Å². The molecule has 0 saturated heterocycles. The van der Waals surface area contributed by atoms with Crippen LogP contribution in [0.15, 0.2) is 36.9 Å². The van der Waals surface area contributed by atoms with Gasteiger partial charge in [-0.3, -0.25) is 0 Å². The van der Waals surface area contributed by atoms with Crippen LogP contribution in [0.4, 0.5) is 5.69 Å². The lowest BCUT2D eigenvalue weighted by atomic mass is 10.2. The highest BCUT2D eigenvalue weighted by atomic mass is 32.1. The van der Waals surface area contributed by atoms with Gasteiger partial charge in [0.2, 0.25) is 0 Å². The van der Waals surface area contributed by atoms with Gasteiger partial charge in [-0.25, -0.2) is 14.5 Å². The number of hydrogen-bond donors (Lipinski definition) is 1. The summed E-state index contributed by atoms with van der Waals surface area (Å²) >= 11 is 5.05. The zero-order valence-electron chi connectivity index (χ0n) is 11.4. The average Bonchev–Trinajstić information content (AvgIpc) is 2.99. The Bertz CT molecular complexity index is 598. The van der Waals surface area contributed by atoms with Gasteiger partial charge in [0.15, 0.2) is 6.73 Å².